The highest BCUT2D eigenvalue weighted by atomic mass is 14.9. The molecule has 3 rings (SSSR count). The maximum Gasteiger partial charge on any atom is 0.0400 e. The van der Waals surface area contributed by atoms with Gasteiger partial charge in [0.05, 0.1) is 0 Å². The number of anilines is 1. The van der Waals surface area contributed by atoms with Gasteiger partial charge in [0.1, 0.15) is 0 Å². The van der Waals surface area contributed by atoms with Crippen molar-refractivity contribution < 1.29 is 0 Å². The van der Waals surface area contributed by atoms with Gasteiger partial charge in [0.2, 0.25) is 0 Å². The molecule has 0 amide bonds. The maximum atomic E-state index is 4.04. The van der Waals surface area contributed by atoms with Gasteiger partial charge in [-0.25, -0.2) is 0 Å². The fourth-order valence-corrected chi connectivity index (χ4v) is 2.28. The summed E-state index contributed by atoms with van der Waals surface area (Å²) in [6.07, 6.45) is 4.62. The number of pyridine rings is 1. The lowest BCUT2D eigenvalue weighted by atomic mass is 10.1. The molecule has 3 aromatic rings. The summed E-state index contributed by atoms with van der Waals surface area (Å²) in [4.78, 5) is 4.04. The van der Waals surface area contributed by atoms with Gasteiger partial charge in [-0.05, 0) is 47.4 Å². The molecule has 0 bridgehead atoms. The van der Waals surface area contributed by atoms with Crippen LogP contribution in [0.1, 0.15) is 16.7 Å². The molecule has 1 aromatic heterocycles. The molecule has 0 aliphatic carbocycles. The molecule has 0 saturated heterocycles. The first-order chi connectivity index (χ1) is 10.4. The van der Waals surface area contributed by atoms with Crippen LogP contribution in [-0.2, 0) is 13.0 Å². The van der Waals surface area contributed by atoms with Gasteiger partial charge in [-0.2, -0.15) is 0 Å². The molecule has 0 spiro atoms. The van der Waals surface area contributed by atoms with Crippen LogP contribution in [-0.4, -0.2) is 4.98 Å². The second kappa shape index (κ2) is 6.71. The molecule has 0 atom stereocenters. The van der Waals surface area contributed by atoms with Crippen LogP contribution < -0.4 is 5.32 Å². The smallest absolute Gasteiger partial charge is 0.0400 e. The van der Waals surface area contributed by atoms with Gasteiger partial charge in [0.25, 0.3) is 0 Å². The summed E-state index contributed by atoms with van der Waals surface area (Å²) in [6, 6.07) is 23.2. The lowest BCUT2D eigenvalue weighted by molar-refractivity contribution is 1.14. The molecule has 2 aromatic carbocycles. The van der Waals surface area contributed by atoms with Crippen molar-refractivity contribution in [2.75, 3.05) is 5.32 Å². The molecular weight excluding hydrogens is 256 g/mol. The standard InChI is InChI=1S/C19H18N2/c1-2-4-18(5-3-1)15-21-19-8-6-16(7-9-19)14-17-10-12-20-13-11-17/h1-13,21H,14-15H2. The Balaban J connectivity index is 1.59. The quantitative estimate of drug-likeness (QED) is 0.751. The van der Waals surface area contributed by atoms with Gasteiger partial charge < -0.3 is 5.32 Å². The summed E-state index contributed by atoms with van der Waals surface area (Å²) in [5, 5.41) is 3.44. The van der Waals surface area contributed by atoms with Crippen molar-refractivity contribution in [3.05, 3.63) is 95.8 Å². The van der Waals surface area contributed by atoms with Gasteiger partial charge in [-0.1, -0.05) is 42.5 Å². The molecule has 0 aliphatic rings. The van der Waals surface area contributed by atoms with E-state index in [9.17, 15) is 0 Å². The summed E-state index contributed by atoms with van der Waals surface area (Å²) in [6.45, 7) is 0.852. The van der Waals surface area contributed by atoms with Crippen LogP contribution in [0.2, 0.25) is 0 Å². The predicted molar refractivity (Wildman–Crippen MR) is 87.3 cm³/mol. The van der Waals surface area contributed by atoms with E-state index in [1.54, 1.807) is 0 Å². The van der Waals surface area contributed by atoms with Crippen molar-refractivity contribution in [1.29, 1.82) is 0 Å². The highest BCUT2D eigenvalue weighted by Crippen LogP contribution is 2.14. The summed E-state index contributed by atoms with van der Waals surface area (Å²) in [7, 11) is 0. The van der Waals surface area contributed by atoms with E-state index in [4.69, 9.17) is 0 Å². The van der Waals surface area contributed by atoms with Crippen LogP contribution in [0.15, 0.2) is 79.1 Å². The Morgan fingerprint density at radius 1 is 0.667 bits per heavy atom. The Morgan fingerprint density at radius 3 is 2.05 bits per heavy atom. The van der Waals surface area contributed by atoms with E-state index in [-0.39, 0.29) is 0 Å². The highest BCUT2D eigenvalue weighted by molar-refractivity contribution is 5.45. The van der Waals surface area contributed by atoms with Crippen molar-refractivity contribution in [1.82, 2.24) is 4.98 Å². The van der Waals surface area contributed by atoms with E-state index in [0.29, 0.717) is 0 Å². The average Bonchev–Trinajstić information content (AvgIpc) is 2.56. The number of rotatable bonds is 5. The van der Waals surface area contributed by atoms with Crippen LogP contribution in [0, 0.1) is 0 Å². The topological polar surface area (TPSA) is 24.9 Å². The molecule has 0 saturated carbocycles. The Hall–Kier alpha value is -2.61. The predicted octanol–water partition coefficient (Wildman–Crippen LogP) is 4.28. The second-order valence-electron chi connectivity index (χ2n) is 5.07. The number of nitrogens with one attached hydrogen (secondary N) is 1. The molecule has 2 heteroatoms. The minimum atomic E-state index is 0.852. The van der Waals surface area contributed by atoms with E-state index in [1.807, 2.05) is 18.5 Å². The Morgan fingerprint density at radius 2 is 1.33 bits per heavy atom. The molecule has 0 fully saturated rings. The van der Waals surface area contributed by atoms with Crippen molar-refractivity contribution in [2.45, 2.75) is 13.0 Å². The summed E-state index contributed by atoms with van der Waals surface area (Å²) in [5.74, 6) is 0. The van der Waals surface area contributed by atoms with E-state index in [0.717, 1.165) is 18.7 Å². The van der Waals surface area contributed by atoms with E-state index < -0.39 is 0 Å². The van der Waals surface area contributed by atoms with Crippen LogP contribution in [0.3, 0.4) is 0 Å². The number of benzene rings is 2. The fourth-order valence-electron chi connectivity index (χ4n) is 2.28. The van der Waals surface area contributed by atoms with Crippen molar-refractivity contribution in [3.63, 3.8) is 0 Å². The summed E-state index contributed by atoms with van der Waals surface area (Å²) < 4.78 is 0. The monoisotopic (exact) mass is 274 g/mol. The van der Waals surface area contributed by atoms with Gasteiger partial charge in [0.15, 0.2) is 0 Å². The van der Waals surface area contributed by atoms with E-state index in [2.05, 4.69) is 71.0 Å². The Kier molecular flexibility index (Phi) is 4.27. The Bertz CT molecular complexity index is 661. The van der Waals surface area contributed by atoms with Gasteiger partial charge >= 0.3 is 0 Å². The third-order valence-corrected chi connectivity index (χ3v) is 3.45. The fraction of sp³-hybridized carbons (Fsp3) is 0.105. The molecule has 0 aliphatic heterocycles. The zero-order chi connectivity index (χ0) is 14.3. The first-order valence-electron chi connectivity index (χ1n) is 7.16. The lowest BCUT2D eigenvalue weighted by Crippen LogP contribution is -1.99. The number of hydrogen-bond acceptors (Lipinski definition) is 2. The van der Waals surface area contributed by atoms with Gasteiger partial charge in [-0.15, -0.1) is 0 Å². The zero-order valence-electron chi connectivity index (χ0n) is 11.9. The largest absolute Gasteiger partial charge is 0.381 e. The van der Waals surface area contributed by atoms with Crippen molar-refractivity contribution in [3.8, 4) is 0 Å². The molecule has 1 heterocycles. The SMILES string of the molecule is c1ccc(CNc2ccc(Cc3ccncc3)cc2)cc1. The van der Waals surface area contributed by atoms with E-state index >= 15 is 0 Å². The van der Waals surface area contributed by atoms with Crippen molar-refractivity contribution in [2.24, 2.45) is 0 Å². The third kappa shape index (κ3) is 3.93. The molecule has 104 valence electrons. The number of aromatic nitrogens is 1. The molecular formula is C19H18N2. The minimum Gasteiger partial charge on any atom is -0.381 e. The van der Waals surface area contributed by atoms with E-state index in [1.165, 1.54) is 16.7 Å². The van der Waals surface area contributed by atoms with Crippen LogP contribution >= 0.6 is 0 Å². The van der Waals surface area contributed by atoms with Crippen molar-refractivity contribution >= 4 is 5.69 Å². The molecule has 0 unspecified atom stereocenters. The summed E-state index contributed by atoms with van der Waals surface area (Å²) in [5.41, 5.74) is 5.04. The molecule has 21 heavy (non-hydrogen) atoms. The second-order valence-corrected chi connectivity index (χ2v) is 5.07. The molecule has 0 radical (unpaired) electrons. The van der Waals surface area contributed by atoms with Crippen LogP contribution in [0.5, 0.6) is 0 Å². The number of nitrogens with zero attached hydrogens (tertiary/aromatic N) is 1. The van der Waals surface area contributed by atoms with Gasteiger partial charge in [-0.3, -0.25) is 4.98 Å². The van der Waals surface area contributed by atoms with Crippen LogP contribution in [0.25, 0.3) is 0 Å². The Labute approximate surface area is 125 Å². The lowest BCUT2D eigenvalue weighted by Gasteiger charge is -2.08. The average molecular weight is 274 g/mol. The molecule has 2 nitrogen and oxygen atoms in total. The highest BCUT2D eigenvalue weighted by Gasteiger charge is 1.97. The third-order valence-electron chi connectivity index (χ3n) is 3.45. The minimum absolute atomic E-state index is 0.852. The summed E-state index contributed by atoms with van der Waals surface area (Å²) >= 11 is 0. The van der Waals surface area contributed by atoms with Crippen LogP contribution in [0.4, 0.5) is 5.69 Å². The normalized spacial score (nSPS) is 10.3. The van der Waals surface area contributed by atoms with Gasteiger partial charge in [0, 0.05) is 24.6 Å². The zero-order valence-corrected chi connectivity index (χ0v) is 11.9. The first-order valence-corrected chi connectivity index (χ1v) is 7.16. The number of hydrogen-bond donors (Lipinski definition) is 1. The maximum absolute atomic E-state index is 4.04. The molecule has 1 N–H and O–H groups in total. The first kappa shape index (κ1) is 13.4.